The molecule has 0 aliphatic carbocycles. The van der Waals surface area contributed by atoms with E-state index in [9.17, 15) is 9.50 Å². The van der Waals surface area contributed by atoms with E-state index in [4.69, 9.17) is 10.5 Å². The van der Waals surface area contributed by atoms with Crippen molar-refractivity contribution >= 4 is 0 Å². The molecule has 0 spiro atoms. The van der Waals surface area contributed by atoms with Gasteiger partial charge in [0.15, 0.2) is 11.6 Å². The smallest absolute Gasteiger partial charge is 0.165 e. The molecule has 0 bridgehead atoms. The minimum absolute atomic E-state index is 0.187. The van der Waals surface area contributed by atoms with E-state index in [1.54, 1.807) is 12.1 Å². The Labute approximate surface area is 82.3 Å². The van der Waals surface area contributed by atoms with E-state index in [-0.39, 0.29) is 12.3 Å². The van der Waals surface area contributed by atoms with Crippen LogP contribution in [0.25, 0.3) is 0 Å². The molecule has 1 unspecified atom stereocenters. The molecule has 1 atom stereocenters. The highest BCUT2D eigenvalue weighted by Crippen LogP contribution is 2.18. The fourth-order valence-corrected chi connectivity index (χ4v) is 1.19. The van der Waals surface area contributed by atoms with Crippen molar-refractivity contribution in [2.75, 3.05) is 13.7 Å². The number of hydrogen-bond donors (Lipinski definition) is 2. The number of hydrogen-bond acceptors (Lipinski definition) is 3. The summed E-state index contributed by atoms with van der Waals surface area (Å²) in [5, 5.41) is 9.28. The van der Waals surface area contributed by atoms with Crippen LogP contribution in [-0.2, 0) is 6.42 Å². The van der Waals surface area contributed by atoms with Gasteiger partial charge in [0.05, 0.1) is 13.2 Å². The highest BCUT2D eigenvalue weighted by atomic mass is 19.1. The van der Waals surface area contributed by atoms with Gasteiger partial charge in [-0.05, 0) is 24.1 Å². The standard InChI is InChI=1S/C10H14FNO2/c1-14-10-5-7(2-3-9(10)11)4-8(13)6-12/h2-3,5,8,13H,4,6,12H2,1H3. The van der Waals surface area contributed by atoms with Crippen molar-refractivity contribution < 1.29 is 14.2 Å². The van der Waals surface area contributed by atoms with Crippen LogP contribution < -0.4 is 10.5 Å². The number of halogens is 1. The molecule has 3 nitrogen and oxygen atoms in total. The largest absolute Gasteiger partial charge is 0.494 e. The van der Waals surface area contributed by atoms with E-state index in [0.717, 1.165) is 5.56 Å². The number of ether oxygens (including phenoxy) is 1. The van der Waals surface area contributed by atoms with Crippen molar-refractivity contribution in [1.29, 1.82) is 0 Å². The van der Waals surface area contributed by atoms with E-state index >= 15 is 0 Å². The summed E-state index contributed by atoms with van der Waals surface area (Å²) < 4.78 is 17.8. The van der Waals surface area contributed by atoms with Gasteiger partial charge in [-0.15, -0.1) is 0 Å². The highest BCUT2D eigenvalue weighted by Gasteiger charge is 2.07. The Hall–Kier alpha value is -1.13. The summed E-state index contributed by atoms with van der Waals surface area (Å²) >= 11 is 0. The minimum atomic E-state index is -0.592. The van der Waals surface area contributed by atoms with Crippen LogP contribution in [0.3, 0.4) is 0 Å². The lowest BCUT2D eigenvalue weighted by molar-refractivity contribution is 0.183. The van der Waals surface area contributed by atoms with Gasteiger partial charge in [-0.2, -0.15) is 0 Å². The maximum Gasteiger partial charge on any atom is 0.165 e. The first-order valence-corrected chi connectivity index (χ1v) is 4.38. The summed E-state index contributed by atoms with van der Waals surface area (Å²) in [6.07, 6.45) is -0.183. The van der Waals surface area contributed by atoms with E-state index in [1.165, 1.54) is 13.2 Å². The summed E-state index contributed by atoms with van der Waals surface area (Å²) in [5.41, 5.74) is 6.07. The van der Waals surface area contributed by atoms with E-state index in [0.29, 0.717) is 6.42 Å². The molecule has 14 heavy (non-hydrogen) atoms. The van der Waals surface area contributed by atoms with E-state index < -0.39 is 11.9 Å². The van der Waals surface area contributed by atoms with Crippen molar-refractivity contribution in [3.63, 3.8) is 0 Å². The Bertz CT molecular complexity index is 304. The van der Waals surface area contributed by atoms with Crippen LogP contribution in [0.2, 0.25) is 0 Å². The number of benzene rings is 1. The number of methoxy groups -OCH3 is 1. The quantitative estimate of drug-likeness (QED) is 0.750. The summed E-state index contributed by atoms with van der Waals surface area (Å²) in [6.45, 7) is 0.194. The zero-order chi connectivity index (χ0) is 10.6. The Morgan fingerprint density at radius 3 is 2.86 bits per heavy atom. The molecule has 0 radical (unpaired) electrons. The SMILES string of the molecule is COc1cc(CC(O)CN)ccc1F. The molecule has 0 aliphatic heterocycles. The molecule has 78 valence electrons. The van der Waals surface area contributed by atoms with Crippen molar-refractivity contribution in [2.45, 2.75) is 12.5 Å². The first kappa shape index (κ1) is 10.9. The van der Waals surface area contributed by atoms with Gasteiger partial charge in [0.25, 0.3) is 0 Å². The predicted octanol–water partition coefficient (Wildman–Crippen LogP) is 0.696. The van der Waals surface area contributed by atoms with E-state index in [2.05, 4.69) is 0 Å². The average Bonchev–Trinajstić information content (AvgIpc) is 2.20. The zero-order valence-corrected chi connectivity index (χ0v) is 8.03. The van der Waals surface area contributed by atoms with Gasteiger partial charge in [-0.3, -0.25) is 0 Å². The second kappa shape index (κ2) is 4.93. The van der Waals surface area contributed by atoms with Crippen LogP contribution in [-0.4, -0.2) is 24.9 Å². The van der Waals surface area contributed by atoms with Crippen LogP contribution in [0.15, 0.2) is 18.2 Å². The fraction of sp³-hybridized carbons (Fsp3) is 0.400. The third kappa shape index (κ3) is 2.68. The molecule has 0 amide bonds. The molecule has 0 heterocycles. The lowest BCUT2D eigenvalue weighted by atomic mass is 10.1. The van der Waals surface area contributed by atoms with Crippen molar-refractivity contribution in [1.82, 2.24) is 0 Å². The molecule has 1 aromatic carbocycles. The van der Waals surface area contributed by atoms with Gasteiger partial charge in [-0.25, -0.2) is 4.39 Å². The third-order valence-electron chi connectivity index (χ3n) is 1.96. The molecule has 0 aliphatic rings. The van der Waals surface area contributed by atoms with Gasteiger partial charge < -0.3 is 15.6 Å². The third-order valence-corrected chi connectivity index (χ3v) is 1.96. The van der Waals surface area contributed by atoms with Crippen molar-refractivity contribution in [2.24, 2.45) is 5.73 Å². The van der Waals surface area contributed by atoms with Gasteiger partial charge in [-0.1, -0.05) is 6.07 Å². The monoisotopic (exact) mass is 199 g/mol. The number of aliphatic hydroxyl groups excluding tert-OH is 1. The molecule has 1 rings (SSSR count). The first-order chi connectivity index (χ1) is 6.67. The molecule has 0 saturated carbocycles. The Morgan fingerprint density at radius 2 is 2.29 bits per heavy atom. The van der Waals surface area contributed by atoms with Gasteiger partial charge in [0.2, 0.25) is 0 Å². The normalized spacial score (nSPS) is 12.6. The molecule has 0 saturated heterocycles. The van der Waals surface area contributed by atoms with Gasteiger partial charge >= 0.3 is 0 Å². The Morgan fingerprint density at radius 1 is 1.57 bits per heavy atom. The second-order valence-electron chi connectivity index (χ2n) is 3.06. The Kier molecular flexibility index (Phi) is 3.85. The molecule has 0 aromatic heterocycles. The van der Waals surface area contributed by atoms with Crippen molar-refractivity contribution in [3.05, 3.63) is 29.6 Å². The topological polar surface area (TPSA) is 55.5 Å². The summed E-state index contributed by atoms with van der Waals surface area (Å²) in [6, 6.07) is 4.49. The predicted molar refractivity (Wildman–Crippen MR) is 51.7 cm³/mol. The summed E-state index contributed by atoms with van der Waals surface area (Å²) in [5.74, 6) is -0.217. The molecule has 1 aromatic rings. The molecule has 4 heteroatoms. The maximum absolute atomic E-state index is 13.0. The minimum Gasteiger partial charge on any atom is -0.494 e. The van der Waals surface area contributed by atoms with Crippen molar-refractivity contribution in [3.8, 4) is 5.75 Å². The second-order valence-corrected chi connectivity index (χ2v) is 3.06. The van der Waals surface area contributed by atoms with Crippen LogP contribution in [0, 0.1) is 5.82 Å². The van der Waals surface area contributed by atoms with Crippen LogP contribution >= 0.6 is 0 Å². The van der Waals surface area contributed by atoms with Crippen LogP contribution in [0.4, 0.5) is 4.39 Å². The van der Waals surface area contributed by atoms with E-state index in [1.807, 2.05) is 0 Å². The number of nitrogens with two attached hydrogens (primary N) is 1. The lowest BCUT2D eigenvalue weighted by Crippen LogP contribution is -2.21. The lowest BCUT2D eigenvalue weighted by Gasteiger charge is -2.09. The molecular weight excluding hydrogens is 185 g/mol. The van der Waals surface area contributed by atoms with Gasteiger partial charge in [0, 0.05) is 6.54 Å². The average molecular weight is 199 g/mol. The molecule has 0 fully saturated rings. The van der Waals surface area contributed by atoms with Crippen LogP contribution in [0.5, 0.6) is 5.75 Å². The molecular formula is C10H14FNO2. The maximum atomic E-state index is 13.0. The molecule has 3 N–H and O–H groups in total. The number of aliphatic hydroxyl groups is 1. The first-order valence-electron chi connectivity index (χ1n) is 4.38. The highest BCUT2D eigenvalue weighted by molar-refractivity contribution is 5.30. The zero-order valence-electron chi connectivity index (χ0n) is 8.03. The van der Waals surface area contributed by atoms with Gasteiger partial charge in [0.1, 0.15) is 0 Å². The summed E-state index contributed by atoms with van der Waals surface area (Å²) in [7, 11) is 1.40. The summed E-state index contributed by atoms with van der Waals surface area (Å²) in [4.78, 5) is 0. The fourth-order valence-electron chi connectivity index (χ4n) is 1.19. The van der Waals surface area contributed by atoms with Crippen LogP contribution in [0.1, 0.15) is 5.56 Å². The Balaban J connectivity index is 2.79. The number of rotatable bonds is 4.